The Kier molecular flexibility index (Phi) is 6.86. The van der Waals surface area contributed by atoms with Crippen LogP contribution in [0.15, 0.2) is 158 Å². The van der Waals surface area contributed by atoms with E-state index in [1.807, 2.05) is 0 Å². The Morgan fingerprint density at radius 2 is 0.579 bits per heavy atom. The van der Waals surface area contributed by atoms with Crippen LogP contribution in [0.1, 0.15) is 11.1 Å². The van der Waals surface area contributed by atoms with Crippen molar-refractivity contribution >= 4 is 0 Å². The van der Waals surface area contributed by atoms with E-state index in [2.05, 4.69) is 167 Å². The van der Waals surface area contributed by atoms with Gasteiger partial charge in [0.15, 0.2) is 37.9 Å². The van der Waals surface area contributed by atoms with Crippen molar-refractivity contribution in [3.63, 3.8) is 0 Å². The maximum atomic E-state index is 2.23. The molecule has 0 amide bonds. The molecule has 2 heterocycles. The van der Waals surface area contributed by atoms with Crippen LogP contribution in [-0.4, -0.2) is 0 Å². The average Bonchev–Trinajstić information content (AvgIpc) is 3.00. The molecular formula is C36H30N2+2. The van der Waals surface area contributed by atoms with Crippen molar-refractivity contribution in [3.8, 4) is 33.4 Å². The highest BCUT2D eigenvalue weighted by Crippen LogP contribution is 2.21. The van der Waals surface area contributed by atoms with E-state index in [1.54, 1.807) is 0 Å². The number of benzene rings is 4. The van der Waals surface area contributed by atoms with Crippen LogP contribution in [0, 0.1) is 0 Å². The number of hydrogen-bond donors (Lipinski definition) is 0. The molecule has 38 heavy (non-hydrogen) atoms. The van der Waals surface area contributed by atoms with Crippen LogP contribution < -0.4 is 9.13 Å². The fourth-order valence-corrected chi connectivity index (χ4v) is 4.80. The van der Waals surface area contributed by atoms with Gasteiger partial charge in [-0.15, -0.1) is 0 Å². The van der Waals surface area contributed by atoms with E-state index >= 15 is 0 Å². The van der Waals surface area contributed by atoms with Crippen molar-refractivity contribution in [1.29, 1.82) is 0 Å². The summed E-state index contributed by atoms with van der Waals surface area (Å²) < 4.78 is 4.45. The maximum Gasteiger partial charge on any atom is 0.173 e. The minimum Gasteiger partial charge on any atom is -0.201 e. The van der Waals surface area contributed by atoms with Crippen molar-refractivity contribution in [2.75, 3.05) is 0 Å². The Labute approximate surface area is 224 Å². The van der Waals surface area contributed by atoms with Gasteiger partial charge < -0.3 is 0 Å². The van der Waals surface area contributed by atoms with Gasteiger partial charge in [0, 0.05) is 35.4 Å². The van der Waals surface area contributed by atoms with E-state index in [0.717, 1.165) is 13.1 Å². The molecular weight excluding hydrogens is 460 g/mol. The van der Waals surface area contributed by atoms with Crippen LogP contribution in [0.5, 0.6) is 0 Å². The number of rotatable bonds is 7. The third-order valence-corrected chi connectivity index (χ3v) is 6.97. The Morgan fingerprint density at radius 3 is 0.921 bits per heavy atom. The second kappa shape index (κ2) is 11.1. The SMILES string of the molecule is c1ccc(-c2ccc(C[n+]3ccc(-c4cc[n+](Cc5ccc(-c6ccccc6)cc5)cc4)cc3)cc2)cc1. The standard InChI is InChI=1S/C36H30N2/c1-3-7-31(8-4-1)33-15-11-29(12-16-33)27-37-23-19-35(20-24-37)36-21-25-38(26-22-36)28-30-13-17-34(18-14-30)32-9-5-2-6-10-32/h1-26H,27-28H2/q+2. The minimum absolute atomic E-state index is 0.854. The van der Waals surface area contributed by atoms with Gasteiger partial charge in [0.1, 0.15) is 0 Å². The predicted molar refractivity (Wildman–Crippen MR) is 154 cm³/mol. The van der Waals surface area contributed by atoms with E-state index in [4.69, 9.17) is 0 Å². The highest BCUT2D eigenvalue weighted by molar-refractivity contribution is 5.64. The molecule has 0 N–H and O–H groups in total. The van der Waals surface area contributed by atoms with Gasteiger partial charge in [-0.05, 0) is 33.4 Å². The van der Waals surface area contributed by atoms with E-state index < -0.39 is 0 Å². The Balaban J connectivity index is 1.08. The minimum atomic E-state index is 0.854. The Hall–Kier alpha value is -4.82. The molecule has 0 unspecified atom stereocenters. The monoisotopic (exact) mass is 490 g/mol. The molecule has 0 spiro atoms. The van der Waals surface area contributed by atoms with Crippen molar-refractivity contribution in [2.24, 2.45) is 0 Å². The normalized spacial score (nSPS) is 10.8. The molecule has 2 heteroatoms. The first-order valence-corrected chi connectivity index (χ1v) is 13.1. The van der Waals surface area contributed by atoms with Crippen LogP contribution in [0.4, 0.5) is 0 Å². The second-order valence-corrected chi connectivity index (χ2v) is 9.64. The van der Waals surface area contributed by atoms with Gasteiger partial charge in [-0.3, -0.25) is 0 Å². The van der Waals surface area contributed by atoms with E-state index in [1.165, 1.54) is 44.5 Å². The van der Waals surface area contributed by atoms with Gasteiger partial charge in [0.25, 0.3) is 0 Å². The lowest BCUT2D eigenvalue weighted by Crippen LogP contribution is -2.33. The summed E-state index contributed by atoms with van der Waals surface area (Å²) in [7, 11) is 0. The molecule has 4 aromatic carbocycles. The summed E-state index contributed by atoms with van der Waals surface area (Å²) in [4.78, 5) is 0. The maximum absolute atomic E-state index is 2.23. The predicted octanol–water partition coefficient (Wildman–Crippen LogP) is 7.36. The molecule has 2 aromatic heterocycles. The Morgan fingerprint density at radius 1 is 0.289 bits per heavy atom. The molecule has 6 aromatic rings. The van der Waals surface area contributed by atoms with Crippen LogP contribution in [0.2, 0.25) is 0 Å². The van der Waals surface area contributed by atoms with Crippen molar-refractivity contribution in [1.82, 2.24) is 0 Å². The summed E-state index contributed by atoms with van der Waals surface area (Å²) >= 11 is 0. The molecule has 182 valence electrons. The van der Waals surface area contributed by atoms with Gasteiger partial charge in [0.2, 0.25) is 0 Å². The quantitative estimate of drug-likeness (QED) is 0.207. The summed E-state index contributed by atoms with van der Waals surface area (Å²) in [5.74, 6) is 0. The largest absolute Gasteiger partial charge is 0.201 e. The zero-order valence-corrected chi connectivity index (χ0v) is 21.3. The molecule has 2 nitrogen and oxygen atoms in total. The molecule has 0 fully saturated rings. The molecule has 6 rings (SSSR count). The average molecular weight is 491 g/mol. The second-order valence-electron chi connectivity index (χ2n) is 9.64. The van der Waals surface area contributed by atoms with Crippen molar-refractivity contribution < 1.29 is 9.13 Å². The first-order valence-electron chi connectivity index (χ1n) is 13.1. The third-order valence-electron chi connectivity index (χ3n) is 6.97. The van der Waals surface area contributed by atoms with Crippen molar-refractivity contribution in [3.05, 3.63) is 169 Å². The zero-order valence-electron chi connectivity index (χ0n) is 21.3. The smallest absolute Gasteiger partial charge is 0.173 e. The summed E-state index contributed by atoms with van der Waals surface area (Å²) in [6.07, 6.45) is 8.65. The van der Waals surface area contributed by atoms with Crippen molar-refractivity contribution in [2.45, 2.75) is 13.1 Å². The van der Waals surface area contributed by atoms with E-state index in [9.17, 15) is 0 Å². The lowest BCUT2D eigenvalue weighted by atomic mass is 10.0. The zero-order chi connectivity index (χ0) is 25.6. The molecule has 0 aliphatic rings. The summed E-state index contributed by atoms with van der Waals surface area (Å²) in [6.45, 7) is 1.71. The fourth-order valence-electron chi connectivity index (χ4n) is 4.80. The fraction of sp³-hybridized carbons (Fsp3) is 0.0556. The van der Waals surface area contributed by atoms with Crippen LogP contribution >= 0.6 is 0 Å². The summed E-state index contributed by atoms with van der Waals surface area (Å²) in [6, 6.07) is 47.5. The molecule has 0 aliphatic carbocycles. The molecule has 0 atom stereocenters. The highest BCUT2D eigenvalue weighted by atomic mass is 14.9. The van der Waals surface area contributed by atoms with Gasteiger partial charge >= 0.3 is 0 Å². The molecule has 0 aliphatic heterocycles. The molecule has 0 saturated heterocycles. The first-order chi connectivity index (χ1) is 18.8. The number of pyridine rings is 2. The highest BCUT2D eigenvalue weighted by Gasteiger charge is 2.08. The molecule has 0 saturated carbocycles. The third kappa shape index (κ3) is 5.61. The number of nitrogens with zero attached hydrogens (tertiary/aromatic N) is 2. The lowest BCUT2D eigenvalue weighted by Gasteiger charge is -2.05. The summed E-state index contributed by atoms with van der Waals surface area (Å²) in [5.41, 5.74) is 10.0. The molecule has 0 radical (unpaired) electrons. The number of hydrogen-bond acceptors (Lipinski definition) is 0. The topological polar surface area (TPSA) is 7.76 Å². The van der Waals surface area contributed by atoms with Gasteiger partial charge in [-0.1, -0.05) is 109 Å². The van der Waals surface area contributed by atoms with Gasteiger partial charge in [-0.2, -0.15) is 0 Å². The van der Waals surface area contributed by atoms with Gasteiger partial charge in [-0.25, -0.2) is 9.13 Å². The summed E-state index contributed by atoms with van der Waals surface area (Å²) in [5, 5.41) is 0. The van der Waals surface area contributed by atoms with E-state index in [0.29, 0.717) is 0 Å². The lowest BCUT2D eigenvalue weighted by molar-refractivity contribution is -0.688. The Bertz CT molecular complexity index is 1460. The van der Waals surface area contributed by atoms with E-state index in [-0.39, 0.29) is 0 Å². The van der Waals surface area contributed by atoms with Crippen LogP contribution in [0.3, 0.4) is 0 Å². The van der Waals surface area contributed by atoms with Crippen LogP contribution in [-0.2, 0) is 13.1 Å². The first kappa shape index (κ1) is 23.6. The number of aromatic nitrogens is 2. The van der Waals surface area contributed by atoms with Gasteiger partial charge in [0.05, 0.1) is 0 Å². The van der Waals surface area contributed by atoms with Crippen LogP contribution in [0.25, 0.3) is 33.4 Å². The molecule has 0 bridgehead atoms.